The lowest BCUT2D eigenvalue weighted by Gasteiger charge is -2.07. The van der Waals surface area contributed by atoms with Crippen molar-refractivity contribution >= 4 is 33.5 Å². The molecule has 0 saturated carbocycles. The van der Waals surface area contributed by atoms with E-state index < -0.39 is 33.5 Å². The Hall–Kier alpha value is -2.32. The molecule has 2 rings (SSSR count). The van der Waals surface area contributed by atoms with Crippen molar-refractivity contribution in [2.75, 3.05) is 11.5 Å². The highest BCUT2D eigenvalue weighted by atomic mass is 32.2. The summed E-state index contributed by atoms with van der Waals surface area (Å²) < 4.78 is 24.7. The molecule has 150 valence electrons. The molecule has 0 fully saturated rings. The zero-order valence-electron chi connectivity index (χ0n) is 15.2. The van der Waals surface area contributed by atoms with Crippen molar-refractivity contribution in [1.82, 2.24) is 0 Å². The molecule has 0 radical (unpaired) electrons. The number of hydrogen-bond donors (Lipinski definition) is 2. The lowest BCUT2D eigenvalue weighted by Crippen LogP contribution is -2.07. The molecule has 2 N–H and O–H groups in total. The first kappa shape index (κ1) is 22.0. The van der Waals surface area contributed by atoms with E-state index in [9.17, 15) is 18.0 Å². The highest BCUT2D eigenvalue weighted by Gasteiger charge is 2.15. The molecule has 0 aromatic heterocycles. The van der Waals surface area contributed by atoms with Crippen LogP contribution in [0.3, 0.4) is 0 Å². The fraction of sp³-hybridized carbons (Fsp3) is 0.300. The van der Waals surface area contributed by atoms with Gasteiger partial charge in [0, 0.05) is 11.5 Å². The third kappa shape index (κ3) is 6.10. The molecule has 0 spiro atoms. The molecular formula is C20H22O6S2. The van der Waals surface area contributed by atoms with Crippen LogP contribution in [0.4, 0.5) is 0 Å². The minimum atomic E-state index is -1.37. The van der Waals surface area contributed by atoms with E-state index in [2.05, 4.69) is 0 Å². The van der Waals surface area contributed by atoms with E-state index in [1.165, 1.54) is 12.1 Å². The van der Waals surface area contributed by atoms with E-state index in [0.717, 1.165) is 12.8 Å². The van der Waals surface area contributed by atoms with E-state index in [0.29, 0.717) is 34.1 Å². The van der Waals surface area contributed by atoms with Crippen molar-refractivity contribution in [1.29, 1.82) is 0 Å². The summed E-state index contributed by atoms with van der Waals surface area (Å²) in [5.74, 6) is -1.44. The second-order valence-corrected chi connectivity index (χ2v) is 9.19. The summed E-state index contributed by atoms with van der Waals surface area (Å²) in [5.41, 5.74) is 0.127. The summed E-state index contributed by atoms with van der Waals surface area (Å²) >= 11 is 0. The maximum Gasteiger partial charge on any atom is 0.336 e. The number of carboxylic acid groups (broad SMARTS) is 2. The van der Waals surface area contributed by atoms with Gasteiger partial charge in [0.25, 0.3) is 0 Å². The monoisotopic (exact) mass is 422 g/mol. The van der Waals surface area contributed by atoms with Crippen LogP contribution in [0.2, 0.25) is 0 Å². The van der Waals surface area contributed by atoms with E-state index in [-0.39, 0.29) is 11.1 Å². The molecule has 28 heavy (non-hydrogen) atoms. The third-order valence-corrected chi connectivity index (χ3v) is 7.15. The summed E-state index contributed by atoms with van der Waals surface area (Å²) in [6.45, 7) is 0. The Morgan fingerprint density at radius 1 is 0.643 bits per heavy atom. The zero-order chi connectivity index (χ0) is 20.5. The molecule has 8 heteroatoms. The molecule has 0 saturated heterocycles. The lowest BCUT2D eigenvalue weighted by atomic mass is 10.2. The number of carboxylic acids is 2. The minimum Gasteiger partial charge on any atom is -0.478 e. The predicted molar refractivity (Wildman–Crippen MR) is 108 cm³/mol. The van der Waals surface area contributed by atoms with Crippen LogP contribution in [-0.2, 0) is 21.6 Å². The molecule has 6 nitrogen and oxygen atoms in total. The van der Waals surface area contributed by atoms with Crippen LogP contribution in [0, 0.1) is 0 Å². The molecule has 0 aliphatic rings. The van der Waals surface area contributed by atoms with Gasteiger partial charge in [-0.1, -0.05) is 37.1 Å². The molecule has 0 aliphatic carbocycles. The van der Waals surface area contributed by atoms with Gasteiger partial charge < -0.3 is 10.2 Å². The van der Waals surface area contributed by atoms with Crippen LogP contribution < -0.4 is 0 Å². The van der Waals surface area contributed by atoms with Gasteiger partial charge in [-0.05, 0) is 37.1 Å². The normalized spacial score (nSPS) is 13.0. The van der Waals surface area contributed by atoms with Crippen LogP contribution in [0.15, 0.2) is 58.3 Å². The fourth-order valence-corrected chi connectivity index (χ4v) is 5.36. The molecule has 0 amide bonds. The summed E-state index contributed by atoms with van der Waals surface area (Å²) in [7, 11) is -2.75. The molecule has 2 aromatic carbocycles. The fourth-order valence-electron chi connectivity index (χ4n) is 2.72. The molecular weight excluding hydrogens is 400 g/mol. The molecule has 2 atom stereocenters. The maximum atomic E-state index is 12.3. The summed E-state index contributed by atoms with van der Waals surface area (Å²) in [5, 5.41) is 18.3. The van der Waals surface area contributed by atoms with Crippen molar-refractivity contribution in [3.8, 4) is 0 Å². The summed E-state index contributed by atoms with van der Waals surface area (Å²) in [6, 6.07) is 12.6. The van der Waals surface area contributed by atoms with Gasteiger partial charge >= 0.3 is 11.9 Å². The Kier molecular flexibility index (Phi) is 8.53. The zero-order valence-corrected chi connectivity index (χ0v) is 16.8. The van der Waals surface area contributed by atoms with Gasteiger partial charge in [0.2, 0.25) is 0 Å². The first-order valence-corrected chi connectivity index (χ1v) is 11.5. The van der Waals surface area contributed by atoms with Crippen LogP contribution in [0.5, 0.6) is 0 Å². The molecule has 0 bridgehead atoms. The van der Waals surface area contributed by atoms with Gasteiger partial charge in [0.05, 0.1) is 42.5 Å². The Labute approximate surface area is 168 Å². The quantitative estimate of drug-likeness (QED) is 0.536. The van der Waals surface area contributed by atoms with Gasteiger partial charge in [-0.2, -0.15) is 0 Å². The average Bonchev–Trinajstić information content (AvgIpc) is 2.70. The predicted octanol–water partition coefficient (Wildman–Crippen LogP) is 3.56. The van der Waals surface area contributed by atoms with Crippen molar-refractivity contribution in [2.45, 2.75) is 35.5 Å². The topological polar surface area (TPSA) is 109 Å². The first-order valence-electron chi connectivity index (χ1n) is 8.83. The Morgan fingerprint density at radius 3 is 1.36 bits per heavy atom. The minimum absolute atomic E-state index is 0.0633. The van der Waals surface area contributed by atoms with Gasteiger partial charge in [-0.15, -0.1) is 0 Å². The number of rotatable bonds is 11. The highest BCUT2D eigenvalue weighted by Crippen LogP contribution is 2.17. The molecule has 2 aromatic rings. The van der Waals surface area contributed by atoms with E-state index in [1.807, 2.05) is 0 Å². The Morgan fingerprint density at radius 2 is 1.00 bits per heavy atom. The van der Waals surface area contributed by atoms with Crippen LogP contribution >= 0.6 is 0 Å². The second-order valence-electron chi connectivity index (χ2n) is 6.12. The number of unbranched alkanes of at least 4 members (excludes halogenated alkanes) is 3. The van der Waals surface area contributed by atoms with Crippen LogP contribution in [-0.4, -0.2) is 42.1 Å². The summed E-state index contributed by atoms with van der Waals surface area (Å²) in [4.78, 5) is 23.0. The Balaban J connectivity index is 1.76. The number of benzene rings is 2. The van der Waals surface area contributed by atoms with Gasteiger partial charge in [-0.3, -0.25) is 8.42 Å². The van der Waals surface area contributed by atoms with Crippen LogP contribution in [0.1, 0.15) is 46.4 Å². The molecule has 0 heterocycles. The number of carbonyl (C=O) groups is 2. The third-order valence-electron chi connectivity index (χ3n) is 4.13. The largest absolute Gasteiger partial charge is 0.478 e. The van der Waals surface area contributed by atoms with Gasteiger partial charge in [-0.25, -0.2) is 9.59 Å². The van der Waals surface area contributed by atoms with Crippen molar-refractivity contribution < 1.29 is 28.2 Å². The SMILES string of the molecule is O=C(O)c1ccccc1S(=O)CCCCCCS(=O)c1ccccc1C(=O)O. The highest BCUT2D eigenvalue weighted by molar-refractivity contribution is 7.85. The smallest absolute Gasteiger partial charge is 0.336 e. The van der Waals surface area contributed by atoms with Gasteiger partial charge in [0.15, 0.2) is 0 Å². The van der Waals surface area contributed by atoms with Crippen molar-refractivity contribution in [3.63, 3.8) is 0 Å². The molecule has 2 unspecified atom stereocenters. The standard InChI is InChI=1S/C20H22O6S2/c21-19(22)15-9-3-5-11-17(15)27(25)13-7-1-2-8-14-28(26)18-12-6-4-10-16(18)20(23)24/h3-6,9-12H,1-2,7-8,13-14H2,(H,21,22)(H,23,24). The summed E-state index contributed by atoms with van der Waals surface area (Å²) in [6.07, 6.45) is 2.88. The van der Waals surface area contributed by atoms with Crippen molar-refractivity contribution in [2.24, 2.45) is 0 Å². The van der Waals surface area contributed by atoms with Crippen molar-refractivity contribution in [3.05, 3.63) is 59.7 Å². The second kappa shape index (κ2) is 10.9. The van der Waals surface area contributed by atoms with Gasteiger partial charge in [0.1, 0.15) is 0 Å². The average molecular weight is 423 g/mol. The number of hydrogen-bond acceptors (Lipinski definition) is 4. The van der Waals surface area contributed by atoms with E-state index >= 15 is 0 Å². The maximum absolute atomic E-state index is 12.3. The Bertz CT molecular complexity index is 820. The van der Waals surface area contributed by atoms with E-state index in [4.69, 9.17) is 10.2 Å². The molecule has 0 aliphatic heterocycles. The number of aromatic carboxylic acids is 2. The van der Waals surface area contributed by atoms with E-state index in [1.54, 1.807) is 36.4 Å². The first-order chi connectivity index (χ1) is 13.4. The van der Waals surface area contributed by atoms with Crippen LogP contribution in [0.25, 0.3) is 0 Å². The lowest BCUT2D eigenvalue weighted by molar-refractivity contribution is 0.0682.